The Bertz CT molecular complexity index is 473. The number of hydrogen-bond donors (Lipinski definition) is 1. The molecule has 1 N–H and O–H groups in total. The lowest BCUT2D eigenvalue weighted by molar-refractivity contribution is -0.140. The molecular formula is C14H16F4O. The molecule has 0 saturated heterocycles. The standard InChI is InChI=1S/C14H16F4O/c1-8(2)9-6-13(19,7-9)10-3-4-12(15)11(5-10)14(16,17)18/h3-5,8-9,19H,6-7H2,1-2H3. The van der Waals surface area contributed by atoms with E-state index in [-0.39, 0.29) is 5.56 Å². The van der Waals surface area contributed by atoms with E-state index in [1.807, 2.05) is 13.8 Å². The fourth-order valence-electron chi connectivity index (χ4n) is 2.55. The monoisotopic (exact) mass is 276 g/mol. The van der Waals surface area contributed by atoms with Crippen molar-refractivity contribution in [3.05, 3.63) is 35.1 Å². The van der Waals surface area contributed by atoms with E-state index in [2.05, 4.69) is 0 Å². The predicted molar refractivity (Wildman–Crippen MR) is 62.9 cm³/mol. The highest BCUT2D eigenvalue weighted by molar-refractivity contribution is 5.33. The Morgan fingerprint density at radius 3 is 2.32 bits per heavy atom. The van der Waals surface area contributed by atoms with Crippen LogP contribution in [0.15, 0.2) is 18.2 Å². The molecule has 0 unspecified atom stereocenters. The molecule has 1 saturated carbocycles. The molecule has 0 amide bonds. The van der Waals surface area contributed by atoms with Gasteiger partial charge in [-0.25, -0.2) is 4.39 Å². The second-order valence-corrected chi connectivity index (χ2v) is 5.64. The highest BCUT2D eigenvalue weighted by atomic mass is 19.4. The van der Waals surface area contributed by atoms with Crippen molar-refractivity contribution < 1.29 is 22.7 Å². The summed E-state index contributed by atoms with van der Waals surface area (Å²) in [6.45, 7) is 4.02. The van der Waals surface area contributed by atoms with Crippen LogP contribution in [0.2, 0.25) is 0 Å². The summed E-state index contributed by atoms with van der Waals surface area (Å²) in [6.07, 6.45) is -3.89. The smallest absolute Gasteiger partial charge is 0.385 e. The molecule has 1 aromatic rings. The first-order valence-electron chi connectivity index (χ1n) is 6.23. The minimum atomic E-state index is -4.74. The summed E-state index contributed by atoms with van der Waals surface area (Å²) in [5.74, 6) is -0.633. The quantitative estimate of drug-likeness (QED) is 0.806. The van der Waals surface area contributed by atoms with Gasteiger partial charge in [0, 0.05) is 0 Å². The highest BCUT2D eigenvalue weighted by Gasteiger charge is 2.46. The summed E-state index contributed by atoms with van der Waals surface area (Å²) in [7, 11) is 0. The van der Waals surface area contributed by atoms with Crippen LogP contribution in [0.1, 0.15) is 37.8 Å². The van der Waals surface area contributed by atoms with E-state index in [1.165, 1.54) is 6.07 Å². The zero-order valence-electron chi connectivity index (χ0n) is 10.8. The second kappa shape index (κ2) is 4.47. The van der Waals surface area contributed by atoms with Crippen molar-refractivity contribution in [1.29, 1.82) is 0 Å². The summed E-state index contributed by atoms with van der Waals surface area (Å²) >= 11 is 0. The van der Waals surface area contributed by atoms with Crippen molar-refractivity contribution in [2.75, 3.05) is 0 Å². The van der Waals surface area contributed by atoms with Gasteiger partial charge in [0.25, 0.3) is 0 Å². The average Bonchev–Trinajstić information content (AvgIpc) is 2.23. The molecule has 1 fully saturated rings. The first-order valence-corrected chi connectivity index (χ1v) is 6.23. The molecule has 0 aliphatic heterocycles. The van der Waals surface area contributed by atoms with Crippen LogP contribution in [0.25, 0.3) is 0 Å². The zero-order valence-corrected chi connectivity index (χ0v) is 10.8. The van der Waals surface area contributed by atoms with Crippen LogP contribution >= 0.6 is 0 Å². The SMILES string of the molecule is CC(C)C1CC(O)(c2ccc(F)c(C(F)(F)F)c2)C1. The Kier molecular flexibility index (Phi) is 3.37. The number of rotatable bonds is 2. The summed E-state index contributed by atoms with van der Waals surface area (Å²) in [5.41, 5.74) is -2.41. The number of benzene rings is 1. The molecule has 2 rings (SSSR count). The molecule has 0 radical (unpaired) electrons. The molecule has 0 bridgehead atoms. The lowest BCUT2D eigenvalue weighted by Gasteiger charge is -2.46. The van der Waals surface area contributed by atoms with Crippen molar-refractivity contribution in [1.82, 2.24) is 0 Å². The molecule has 0 spiro atoms. The molecule has 5 heteroatoms. The minimum Gasteiger partial charge on any atom is -0.385 e. The first-order chi connectivity index (χ1) is 8.63. The van der Waals surface area contributed by atoms with E-state index in [0.717, 1.165) is 12.1 Å². The van der Waals surface area contributed by atoms with Gasteiger partial charge in [-0.05, 0) is 42.4 Å². The summed E-state index contributed by atoms with van der Waals surface area (Å²) in [5, 5.41) is 10.3. The maximum Gasteiger partial charge on any atom is 0.419 e. The van der Waals surface area contributed by atoms with Crippen LogP contribution in [0.3, 0.4) is 0 Å². The largest absolute Gasteiger partial charge is 0.419 e. The van der Waals surface area contributed by atoms with E-state index in [9.17, 15) is 22.7 Å². The lowest BCUT2D eigenvalue weighted by Crippen LogP contribution is -2.43. The van der Waals surface area contributed by atoms with Crippen LogP contribution in [0, 0.1) is 17.7 Å². The summed E-state index contributed by atoms with van der Waals surface area (Å²) in [4.78, 5) is 0. The average molecular weight is 276 g/mol. The van der Waals surface area contributed by atoms with Gasteiger partial charge in [-0.3, -0.25) is 0 Å². The Morgan fingerprint density at radius 1 is 1.26 bits per heavy atom. The van der Waals surface area contributed by atoms with Crippen molar-refractivity contribution >= 4 is 0 Å². The third-order valence-electron chi connectivity index (χ3n) is 3.95. The third kappa shape index (κ3) is 2.61. The topological polar surface area (TPSA) is 20.2 Å². The van der Waals surface area contributed by atoms with Crippen molar-refractivity contribution in [3.63, 3.8) is 0 Å². The Hall–Kier alpha value is -1.10. The lowest BCUT2D eigenvalue weighted by atomic mass is 9.63. The summed E-state index contributed by atoms with van der Waals surface area (Å²) < 4.78 is 51.0. The van der Waals surface area contributed by atoms with E-state index in [4.69, 9.17) is 0 Å². The van der Waals surface area contributed by atoms with Crippen LogP contribution in [0.4, 0.5) is 17.6 Å². The van der Waals surface area contributed by atoms with Gasteiger partial charge in [-0.2, -0.15) is 13.2 Å². The van der Waals surface area contributed by atoms with E-state index >= 15 is 0 Å². The fraction of sp³-hybridized carbons (Fsp3) is 0.571. The number of aliphatic hydroxyl groups is 1. The third-order valence-corrected chi connectivity index (χ3v) is 3.95. The fourth-order valence-corrected chi connectivity index (χ4v) is 2.55. The number of halogens is 4. The first kappa shape index (κ1) is 14.3. The second-order valence-electron chi connectivity index (χ2n) is 5.64. The summed E-state index contributed by atoms with van der Waals surface area (Å²) in [6, 6.07) is 2.74. The zero-order chi connectivity index (χ0) is 14.4. The molecule has 0 heterocycles. The van der Waals surface area contributed by atoms with E-state index in [0.29, 0.717) is 24.7 Å². The Balaban J connectivity index is 2.28. The minimum absolute atomic E-state index is 0.151. The van der Waals surface area contributed by atoms with Gasteiger partial charge in [0.1, 0.15) is 5.82 Å². The molecule has 19 heavy (non-hydrogen) atoms. The highest BCUT2D eigenvalue weighted by Crippen LogP contribution is 2.49. The van der Waals surface area contributed by atoms with Gasteiger partial charge in [0.05, 0.1) is 11.2 Å². The molecule has 1 aliphatic carbocycles. The number of hydrogen-bond acceptors (Lipinski definition) is 1. The van der Waals surface area contributed by atoms with Gasteiger partial charge in [-0.15, -0.1) is 0 Å². The van der Waals surface area contributed by atoms with Gasteiger partial charge in [0.15, 0.2) is 0 Å². The Labute approximate surface area is 109 Å². The van der Waals surface area contributed by atoms with E-state index in [1.54, 1.807) is 0 Å². The van der Waals surface area contributed by atoms with Crippen molar-refractivity contribution in [2.45, 2.75) is 38.5 Å². The maximum atomic E-state index is 13.2. The molecule has 1 aromatic carbocycles. The van der Waals surface area contributed by atoms with Gasteiger partial charge in [0.2, 0.25) is 0 Å². The predicted octanol–water partition coefficient (Wildman–Crippen LogP) is 4.10. The van der Waals surface area contributed by atoms with E-state index < -0.39 is 23.2 Å². The molecule has 1 aliphatic rings. The molecular weight excluding hydrogens is 260 g/mol. The molecule has 106 valence electrons. The maximum absolute atomic E-state index is 13.2. The molecule has 0 atom stereocenters. The van der Waals surface area contributed by atoms with Crippen molar-refractivity contribution in [3.8, 4) is 0 Å². The van der Waals surface area contributed by atoms with Crippen LogP contribution in [-0.2, 0) is 11.8 Å². The molecule has 1 nitrogen and oxygen atoms in total. The van der Waals surface area contributed by atoms with Crippen molar-refractivity contribution in [2.24, 2.45) is 11.8 Å². The van der Waals surface area contributed by atoms with Crippen LogP contribution in [0.5, 0.6) is 0 Å². The van der Waals surface area contributed by atoms with Gasteiger partial charge < -0.3 is 5.11 Å². The van der Waals surface area contributed by atoms with Crippen LogP contribution < -0.4 is 0 Å². The van der Waals surface area contributed by atoms with Crippen LogP contribution in [-0.4, -0.2) is 5.11 Å². The number of alkyl halides is 3. The molecule has 0 aromatic heterocycles. The van der Waals surface area contributed by atoms with Gasteiger partial charge >= 0.3 is 6.18 Å². The Morgan fingerprint density at radius 2 is 1.84 bits per heavy atom. The van der Waals surface area contributed by atoms with Gasteiger partial charge in [-0.1, -0.05) is 19.9 Å². The normalized spacial score (nSPS) is 27.5.